The molecule has 0 radical (unpaired) electrons. The second kappa shape index (κ2) is 14.0. The van der Waals surface area contributed by atoms with E-state index in [1.165, 1.54) is 37.7 Å². The van der Waals surface area contributed by atoms with Crippen LogP contribution >= 0.6 is 0 Å². The Morgan fingerprint density at radius 3 is 2.49 bits per heavy atom. The normalized spacial score (nSPS) is 21.5. The van der Waals surface area contributed by atoms with Crippen LogP contribution in [0.2, 0.25) is 0 Å². The summed E-state index contributed by atoms with van der Waals surface area (Å²) in [6.45, 7) is 6.47. The minimum Gasteiger partial charge on any atom is -0.497 e. The van der Waals surface area contributed by atoms with Gasteiger partial charge in [0.2, 0.25) is 15.9 Å². The molecule has 2 saturated heterocycles. The molecule has 2 aromatic carbocycles. The van der Waals surface area contributed by atoms with Crippen LogP contribution in [-0.2, 0) is 34.8 Å². The summed E-state index contributed by atoms with van der Waals surface area (Å²) in [7, 11) is -0.151. The monoisotopic (exact) mass is 764 g/mol. The van der Waals surface area contributed by atoms with Gasteiger partial charge in [0.25, 0.3) is 5.91 Å². The van der Waals surface area contributed by atoms with Crippen molar-refractivity contribution in [1.29, 1.82) is 0 Å². The van der Waals surface area contributed by atoms with Crippen LogP contribution in [0.3, 0.4) is 0 Å². The van der Waals surface area contributed by atoms with Gasteiger partial charge in [0.15, 0.2) is 0 Å². The van der Waals surface area contributed by atoms with Gasteiger partial charge in [0.05, 0.1) is 48.5 Å². The maximum absolute atomic E-state index is 14.6. The molecule has 12 heteroatoms. The van der Waals surface area contributed by atoms with E-state index in [0.717, 1.165) is 95.1 Å². The summed E-state index contributed by atoms with van der Waals surface area (Å²) in [5.41, 5.74) is 8.70. The molecule has 2 aliphatic carbocycles. The van der Waals surface area contributed by atoms with Crippen LogP contribution in [0.1, 0.15) is 104 Å². The van der Waals surface area contributed by atoms with Gasteiger partial charge in [-0.2, -0.15) is 5.10 Å². The Morgan fingerprint density at radius 1 is 0.982 bits per heavy atom. The summed E-state index contributed by atoms with van der Waals surface area (Å²) in [5, 5.41) is 5.14. The molecule has 1 N–H and O–H groups in total. The van der Waals surface area contributed by atoms with Crippen molar-refractivity contribution in [3.63, 3.8) is 0 Å². The molecule has 9 rings (SSSR count). The number of nitrogens with one attached hydrogen (secondary N) is 1. The lowest BCUT2D eigenvalue weighted by molar-refractivity contribution is -0.118. The SMILES string of the molecule is COc1ccc2c(c1)C=C(c1c(C(=O)N3C[C@@H]4C[C@H]3CN4CC3CC3)cnn1C)Cn1c-2c(C2CCCCC2)c2ccc(CC(=O)NS(=O)(=O)C(C)C)cc21. The third-order valence-electron chi connectivity index (χ3n) is 12.9. The van der Waals surface area contributed by atoms with Gasteiger partial charge in [-0.1, -0.05) is 31.4 Å². The highest BCUT2D eigenvalue weighted by Gasteiger charge is 2.47. The number of hydrogen-bond acceptors (Lipinski definition) is 7. The highest BCUT2D eigenvalue weighted by Crippen LogP contribution is 2.48. The Hall–Kier alpha value is -4.42. The van der Waals surface area contributed by atoms with E-state index in [2.05, 4.69) is 49.4 Å². The molecule has 55 heavy (non-hydrogen) atoms. The smallest absolute Gasteiger partial charge is 0.258 e. The Morgan fingerprint density at radius 2 is 1.78 bits per heavy atom. The molecule has 2 atom stereocenters. The van der Waals surface area contributed by atoms with E-state index >= 15 is 0 Å². The number of aromatic nitrogens is 3. The number of likely N-dealkylation sites (tertiary alicyclic amines) is 2. The molecule has 2 bridgehead atoms. The van der Waals surface area contributed by atoms with Crippen LogP contribution in [0.4, 0.5) is 0 Å². The van der Waals surface area contributed by atoms with Gasteiger partial charge in [-0.25, -0.2) is 8.42 Å². The number of carbonyl (C=O) groups is 2. The quantitative estimate of drug-likeness (QED) is 0.200. The van der Waals surface area contributed by atoms with Gasteiger partial charge in [0, 0.05) is 55.2 Å². The second-order valence-electron chi connectivity index (χ2n) is 16.9. The molecule has 0 spiro atoms. The maximum atomic E-state index is 14.6. The van der Waals surface area contributed by atoms with E-state index in [0.29, 0.717) is 24.1 Å². The molecular formula is C43H52N6O5S. The van der Waals surface area contributed by atoms with E-state index < -0.39 is 21.2 Å². The average molecular weight is 765 g/mol. The van der Waals surface area contributed by atoms with Crippen molar-refractivity contribution in [2.75, 3.05) is 26.7 Å². The Labute approximate surface area is 323 Å². The largest absolute Gasteiger partial charge is 0.497 e. The fourth-order valence-corrected chi connectivity index (χ4v) is 10.4. The van der Waals surface area contributed by atoms with E-state index in [9.17, 15) is 18.0 Å². The first kappa shape index (κ1) is 36.2. The average Bonchev–Trinajstić information content (AvgIpc) is 3.46. The number of fused-ring (bicyclic) bond motifs is 7. The number of carbonyl (C=O) groups excluding carboxylic acids is 2. The Bertz CT molecular complexity index is 2330. The minimum absolute atomic E-state index is 0.0443. The summed E-state index contributed by atoms with van der Waals surface area (Å²) in [4.78, 5) is 32.4. The van der Waals surface area contributed by atoms with Crippen molar-refractivity contribution < 1.29 is 22.7 Å². The molecule has 2 saturated carbocycles. The van der Waals surface area contributed by atoms with Crippen LogP contribution in [0, 0.1) is 5.92 Å². The van der Waals surface area contributed by atoms with Crippen LogP contribution in [-0.4, -0.2) is 88.5 Å². The molecule has 5 heterocycles. The summed E-state index contributed by atoms with van der Waals surface area (Å²) in [6.07, 6.45) is 13.4. The predicted molar refractivity (Wildman–Crippen MR) is 214 cm³/mol. The van der Waals surface area contributed by atoms with Gasteiger partial charge in [0.1, 0.15) is 5.75 Å². The van der Waals surface area contributed by atoms with E-state index in [1.807, 2.05) is 23.9 Å². The number of rotatable bonds is 10. The highest BCUT2D eigenvalue weighted by molar-refractivity contribution is 7.90. The molecule has 290 valence electrons. The summed E-state index contributed by atoms with van der Waals surface area (Å²) in [6, 6.07) is 13.1. The van der Waals surface area contributed by atoms with Crippen molar-refractivity contribution in [1.82, 2.24) is 28.9 Å². The molecule has 4 aromatic rings. The first-order chi connectivity index (χ1) is 26.5. The number of allylic oxidation sites excluding steroid dienone is 1. The van der Waals surface area contributed by atoms with E-state index in [-0.39, 0.29) is 18.4 Å². The minimum atomic E-state index is -3.75. The molecule has 2 aromatic heterocycles. The number of amides is 2. The number of benzene rings is 2. The molecule has 3 aliphatic heterocycles. The zero-order valence-electron chi connectivity index (χ0n) is 32.4. The first-order valence-corrected chi connectivity index (χ1v) is 21.7. The number of methoxy groups -OCH3 is 1. The standard InChI is InChI=1S/C43H52N6O5S/c1-26(2)55(52,53)45-39(50)17-28-12-14-36-38(16-28)49-23-31(18-30-19-34(54-4)13-15-35(30)42(49)40(36)29-8-6-5-7-9-29)41-37(21-44-46(41)3)43(51)48-25-32-20-33(48)24-47(32)22-27-10-11-27/h12-16,18-19,21,26-27,29,32-33H,5-11,17,20,22-25H2,1-4H3,(H,45,50)/t32-,33-/m0/s1. The van der Waals surface area contributed by atoms with Crippen LogP contribution in [0.25, 0.3) is 33.8 Å². The lowest BCUT2D eigenvalue weighted by Gasteiger charge is -2.34. The van der Waals surface area contributed by atoms with Crippen molar-refractivity contribution in [2.24, 2.45) is 13.0 Å². The molecular weight excluding hydrogens is 713 g/mol. The third kappa shape index (κ3) is 6.58. The first-order valence-electron chi connectivity index (χ1n) is 20.1. The van der Waals surface area contributed by atoms with Crippen LogP contribution in [0.5, 0.6) is 5.75 Å². The van der Waals surface area contributed by atoms with Crippen LogP contribution in [0.15, 0.2) is 42.6 Å². The summed E-state index contributed by atoms with van der Waals surface area (Å²) in [5.74, 6) is 1.45. The second-order valence-corrected chi connectivity index (χ2v) is 19.1. The number of hydrogen-bond donors (Lipinski definition) is 1. The van der Waals surface area contributed by atoms with Gasteiger partial charge >= 0.3 is 0 Å². The number of aryl methyl sites for hydroxylation is 1. The molecule has 0 unspecified atom stereocenters. The van der Waals surface area contributed by atoms with Crippen molar-refractivity contribution in [3.8, 4) is 17.0 Å². The lowest BCUT2D eigenvalue weighted by Crippen LogP contribution is -2.49. The Balaban J connectivity index is 1.15. The zero-order chi connectivity index (χ0) is 38.2. The van der Waals surface area contributed by atoms with Gasteiger partial charge in [-0.15, -0.1) is 0 Å². The van der Waals surface area contributed by atoms with Crippen LogP contribution < -0.4 is 9.46 Å². The topological polar surface area (TPSA) is 119 Å². The maximum Gasteiger partial charge on any atom is 0.258 e. The van der Waals surface area contributed by atoms with Crippen molar-refractivity contribution in [3.05, 3.63) is 70.5 Å². The molecule has 4 fully saturated rings. The van der Waals surface area contributed by atoms with Gasteiger partial charge in [-0.05, 0) is 110 Å². The number of ether oxygens (including phenoxy) is 1. The molecule has 5 aliphatic rings. The highest BCUT2D eigenvalue weighted by atomic mass is 32.2. The fraction of sp³-hybridized carbons (Fsp3) is 0.512. The van der Waals surface area contributed by atoms with E-state index in [1.54, 1.807) is 27.2 Å². The lowest BCUT2D eigenvalue weighted by atomic mass is 9.81. The van der Waals surface area contributed by atoms with E-state index in [4.69, 9.17) is 9.84 Å². The number of nitrogens with zero attached hydrogens (tertiary/aromatic N) is 5. The van der Waals surface area contributed by atoms with Crippen molar-refractivity contribution in [2.45, 2.75) is 101 Å². The number of sulfonamides is 1. The summed E-state index contributed by atoms with van der Waals surface area (Å²) < 4.78 is 37.3. The molecule has 2 amide bonds. The predicted octanol–water partition coefficient (Wildman–Crippen LogP) is 6.36. The molecule has 11 nitrogen and oxygen atoms in total. The Kier molecular flexibility index (Phi) is 9.19. The van der Waals surface area contributed by atoms with Crippen molar-refractivity contribution >= 4 is 44.4 Å². The van der Waals surface area contributed by atoms with Gasteiger partial charge in [-0.3, -0.25) is 23.9 Å². The fourth-order valence-electron chi connectivity index (χ4n) is 9.82. The number of piperazine rings is 1. The summed E-state index contributed by atoms with van der Waals surface area (Å²) >= 11 is 0. The zero-order valence-corrected chi connectivity index (χ0v) is 33.2. The van der Waals surface area contributed by atoms with Gasteiger partial charge < -0.3 is 14.2 Å². The third-order valence-corrected chi connectivity index (χ3v) is 14.6.